The van der Waals surface area contributed by atoms with Gasteiger partial charge in [0.1, 0.15) is 5.78 Å². The van der Waals surface area contributed by atoms with E-state index < -0.39 is 54.1 Å². The van der Waals surface area contributed by atoms with E-state index in [1.54, 1.807) is 30.9 Å². The highest BCUT2D eigenvalue weighted by Gasteiger charge is 2.51. The van der Waals surface area contributed by atoms with Gasteiger partial charge in [-0.1, -0.05) is 71.4 Å². The summed E-state index contributed by atoms with van der Waals surface area (Å²) in [6, 6.07) is 7.90. The summed E-state index contributed by atoms with van der Waals surface area (Å²) in [7, 11) is 4.81. The predicted molar refractivity (Wildman–Crippen MR) is 229 cm³/mol. The van der Waals surface area contributed by atoms with Gasteiger partial charge < -0.3 is 29.3 Å². The summed E-state index contributed by atoms with van der Waals surface area (Å²) in [6.07, 6.45) is 10.3. The highest BCUT2D eigenvalue weighted by Crippen LogP contribution is 2.44. The molecule has 3 amide bonds. The third-order valence-corrected chi connectivity index (χ3v) is 13.9. The molecule has 2 heterocycles. The van der Waals surface area contributed by atoms with E-state index >= 15 is 0 Å². The number of terminal acetylenes is 1. The first-order valence-electron chi connectivity index (χ1n) is 22.3. The van der Waals surface area contributed by atoms with E-state index in [4.69, 9.17) is 15.9 Å². The standard InChI is InChI=1S/C48H71N3O9/c1-10-12-14-21-42(54)51-36-23-22-34(26-36)45(51)40(53)28-37(30(3)4)47(56)49(7)44(31(5)11-2)41(59-8)29-43(55)50-24-17-20-38(50)46(60-9)32(6)39(52)27-35(48(57)58)25-33-18-15-13-16-19-33/h1,13,15-16,18-19,30-32,34-38,41,44-46H,11-12,14,17,20-29H2,2-9H3,(H,57,58)/t31-,32-,34-,35+,36+,37-,38-,41+,44-,45-,46+/m0/s1. The number of likely N-dealkylation sites (tertiary alicyclic amines) is 2. The maximum absolute atomic E-state index is 14.6. The molecule has 1 N–H and O–H groups in total. The summed E-state index contributed by atoms with van der Waals surface area (Å²) in [5, 5.41) is 9.98. The zero-order valence-electron chi connectivity index (χ0n) is 37.3. The van der Waals surface area contributed by atoms with Crippen LogP contribution in [0.5, 0.6) is 0 Å². The van der Waals surface area contributed by atoms with Gasteiger partial charge in [0.05, 0.1) is 42.7 Å². The summed E-state index contributed by atoms with van der Waals surface area (Å²) in [5.41, 5.74) is 0.841. The molecule has 2 bridgehead atoms. The minimum atomic E-state index is -1.03. The Kier molecular flexibility index (Phi) is 18.4. The van der Waals surface area contributed by atoms with Gasteiger partial charge in [0.25, 0.3) is 0 Å². The second kappa shape index (κ2) is 22.7. The summed E-state index contributed by atoms with van der Waals surface area (Å²) in [5.74, 6) is -1.42. The predicted octanol–water partition coefficient (Wildman–Crippen LogP) is 6.22. The lowest BCUT2D eigenvalue weighted by Crippen LogP contribution is -2.54. The number of hydrogen-bond acceptors (Lipinski definition) is 8. The van der Waals surface area contributed by atoms with Crippen molar-refractivity contribution in [2.75, 3.05) is 27.8 Å². The van der Waals surface area contributed by atoms with Crippen molar-refractivity contribution < 1.29 is 43.3 Å². The van der Waals surface area contributed by atoms with Crippen LogP contribution in [0.4, 0.5) is 0 Å². The number of hydrogen-bond donors (Lipinski definition) is 1. The molecule has 2 aliphatic heterocycles. The van der Waals surface area contributed by atoms with Gasteiger partial charge in [-0.15, -0.1) is 12.3 Å². The van der Waals surface area contributed by atoms with Crippen LogP contribution >= 0.6 is 0 Å². The zero-order valence-corrected chi connectivity index (χ0v) is 37.3. The normalized spacial score (nSPS) is 23.3. The van der Waals surface area contributed by atoms with Gasteiger partial charge in [0.15, 0.2) is 5.78 Å². The van der Waals surface area contributed by atoms with Crippen LogP contribution in [0.1, 0.15) is 117 Å². The molecule has 1 saturated carbocycles. The highest BCUT2D eigenvalue weighted by atomic mass is 16.5. The maximum Gasteiger partial charge on any atom is 0.307 e. The van der Waals surface area contributed by atoms with Crippen LogP contribution < -0.4 is 0 Å². The van der Waals surface area contributed by atoms with Gasteiger partial charge >= 0.3 is 5.97 Å². The van der Waals surface area contributed by atoms with E-state index in [-0.39, 0.29) is 78.8 Å². The molecule has 60 heavy (non-hydrogen) atoms. The molecule has 4 rings (SSSR count). The fourth-order valence-corrected chi connectivity index (χ4v) is 10.4. The number of carbonyl (C=O) groups excluding carboxylic acids is 5. The first kappa shape index (κ1) is 48.6. The van der Waals surface area contributed by atoms with Crippen molar-refractivity contribution in [3.63, 3.8) is 0 Å². The number of aliphatic carboxylic acids is 1. The second-order valence-corrected chi connectivity index (χ2v) is 18.0. The van der Waals surface area contributed by atoms with E-state index in [1.807, 2.05) is 62.9 Å². The molecular formula is C48H71N3O9. The topological polar surface area (TPSA) is 151 Å². The summed E-state index contributed by atoms with van der Waals surface area (Å²) in [6.45, 7) is 10.2. The first-order valence-corrected chi connectivity index (χ1v) is 22.3. The molecule has 3 aliphatic rings. The molecule has 12 nitrogen and oxygen atoms in total. The number of fused-ring (bicyclic) bond motifs is 2. The SMILES string of the molecule is C#CCCCC(=O)N1[C@@H]2CC[C@@H](C2)[C@H]1C(=O)C[C@H](C(=O)N(C)[C@@H]([C@@H](C)CC)[C@@H](CC(=O)N1CCC[C@H]1[C@H](OC)[C@@H](C)C(=O)C[C@@H](Cc1ccccc1)C(=O)O)OC)C(C)C. The van der Waals surface area contributed by atoms with Gasteiger partial charge in [-0.3, -0.25) is 28.8 Å². The van der Waals surface area contributed by atoms with Gasteiger partial charge in [0, 0.05) is 71.4 Å². The van der Waals surface area contributed by atoms with Crippen molar-refractivity contribution in [2.24, 2.45) is 35.5 Å². The molecule has 0 radical (unpaired) electrons. The molecule has 332 valence electrons. The number of methoxy groups -OCH3 is 2. The Morgan fingerprint density at radius 1 is 0.950 bits per heavy atom. The number of benzene rings is 1. The molecule has 0 unspecified atom stereocenters. The fraction of sp³-hybridized carbons (Fsp3) is 0.708. The van der Waals surface area contributed by atoms with Crippen molar-refractivity contribution in [1.82, 2.24) is 14.7 Å². The number of likely N-dealkylation sites (N-methyl/N-ethyl adjacent to an activating group) is 1. The smallest absolute Gasteiger partial charge is 0.307 e. The molecule has 1 aliphatic carbocycles. The van der Waals surface area contributed by atoms with Crippen LogP contribution in [0.25, 0.3) is 0 Å². The number of carboxylic acids is 1. The minimum Gasteiger partial charge on any atom is -0.481 e. The van der Waals surface area contributed by atoms with Gasteiger partial charge in [-0.2, -0.15) is 0 Å². The van der Waals surface area contributed by atoms with Crippen molar-refractivity contribution >= 4 is 35.3 Å². The quantitative estimate of drug-likeness (QED) is 0.0946. The molecule has 1 aromatic rings. The van der Waals surface area contributed by atoms with Gasteiger partial charge in [-0.25, -0.2) is 0 Å². The van der Waals surface area contributed by atoms with Crippen LogP contribution in [0.2, 0.25) is 0 Å². The molecule has 12 heteroatoms. The summed E-state index contributed by atoms with van der Waals surface area (Å²) >= 11 is 0. The van der Waals surface area contributed by atoms with Crippen molar-refractivity contribution in [3.05, 3.63) is 35.9 Å². The average Bonchev–Trinajstić information content (AvgIpc) is 4.00. The zero-order chi connectivity index (χ0) is 44.3. The fourth-order valence-electron chi connectivity index (χ4n) is 10.4. The Morgan fingerprint density at radius 3 is 2.25 bits per heavy atom. The molecule has 11 atom stereocenters. The highest BCUT2D eigenvalue weighted by molar-refractivity contribution is 5.94. The molecule has 0 spiro atoms. The second-order valence-electron chi connectivity index (χ2n) is 18.0. The molecule has 0 aromatic heterocycles. The van der Waals surface area contributed by atoms with Crippen molar-refractivity contribution in [1.29, 1.82) is 0 Å². The number of Topliss-reactive ketones (excluding diaryl/α,β-unsaturated/α-hetero) is 2. The first-order chi connectivity index (χ1) is 28.6. The number of nitrogens with zero attached hydrogens (tertiary/aromatic N) is 3. The van der Waals surface area contributed by atoms with Crippen LogP contribution in [0, 0.1) is 47.9 Å². The number of ketones is 2. The van der Waals surface area contributed by atoms with E-state index in [1.165, 1.54) is 7.11 Å². The van der Waals surface area contributed by atoms with E-state index in [0.717, 1.165) is 24.8 Å². The van der Waals surface area contributed by atoms with E-state index in [2.05, 4.69) is 5.92 Å². The minimum absolute atomic E-state index is 0.0102. The number of carbonyl (C=O) groups is 6. The number of rotatable bonds is 24. The monoisotopic (exact) mass is 834 g/mol. The van der Waals surface area contributed by atoms with Crippen molar-refractivity contribution in [2.45, 2.75) is 154 Å². The Labute approximate surface area is 358 Å². The Hall–Kier alpha value is -4.08. The lowest BCUT2D eigenvalue weighted by Gasteiger charge is -2.41. The molecule has 3 fully saturated rings. The maximum atomic E-state index is 14.6. The number of unbranched alkanes of at least 4 members (excludes halogenated alkanes) is 1. The lowest BCUT2D eigenvalue weighted by molar-refractivity contribution is -0.150. The molecule has 1 aromatic carbocycles. The van der Waals surface area contributed by atoms with Crippen LogP contribution in [0.15, 0.2) is 30.3 Å². The Bertz CT molecular complexity index is 1680. The Balaban J connectivity index is 1.47. The molecule has 2 saturated heterocycles. The van der Waals surface area contributed by atoms with Gasteiger partial charge in [-0.05, 0) is 68.3 Å². The van der Waals surface area contributed by atoms with Crippen LogP contribution in [0.3, 0.4) is 0 Å². The number of ether oxygens (including phenoxy) is 2. The van der Waals surface area contributed by atoms with Crippen LogP contribution in [-0.4, -0.2) is 119 Å². The molecular weight excluding hydrogens is 763 g/mol. The summed E-state index contributed by atoms with van der Waals surface area (Å²) in [4.78, 5) is 87.6. The van der Waals surface area contributed by atoms with Gasteiger partial charge in [0.2, 0.25) is 17.7 Å². The largest absolute Gasteiger partial charge is 0.481 e. The number of amides is 3. The van der Waals surface area contributed by atoms with E-state index in [9.17, 15) is 33.9 Å². The van der Waals surface area contributed by atoms with Crippen LogP contribution in [-0.2, 0) is 44.7 Å². The lowest BCUT2D eigenvalue weighted by atomic mass is 9.83. The third-order valence-electron chi connectivity index (χ3n) is 13.9. The third kappa shape index (κ3) is 11.6. The summed E-state index contributed by atoms with van der Waals surface area (Å²) < 4.78 is 12.0. The Morgan fingerprint density at radius 2 is 1.65 bits per heavy atom. The van der Waals surface area contributed by atoms with Crippen molar-refractivity contribution in [3.8, 4) is 12.3 Å². The number of piperidine rings is 1. The average molecular weight is 834 g/mol. The number of carboxylic acid groups (broad SMARTS) is 1. The van der Waals surface area contributed by atoms with E-state index in [0.29, 0.717) is 45.1 Å².